The monoisotopic (exact) mass is 87.1 g/mol. The van der Waals surface area contributed by atoms with Crippen LogP contribution in [0.5, 0.6) is 0 Å². The molecule has 0 bridgehead atoms. The van der Waals surface area contributed by atoms with E-state index in [-0.39, 0.29) is 0 Å². The molecular weight excluding hydrogens is 76.1 g/mol. The number of likely N-dealkylation sites (N-methyl/N-ethyl adjacent to an activating group) is 1. The number of nitrogens with two attached hydrogens (primary N) is 1. The minimum atomic E-state index is 0.694. The zero-order chi connectivity index (χ0) is 4.99. The Labute approximate surface area is 38.9 Å². The van der Waals surface area contributed by atoms with Crippen LogP contribution in [-0.2, 0) is 0 Å². The summed E-state index contributed by atoms with van der Waals surface area (Å²) in [6.45, 7) is 1.57. The van der Waals surface area contributed by atoms with E-state index in [0.29, 0.717) is 6.54 Å². The molecule has 6 heavy (non-hydrogen) atoms. The topological polar surface area (TPSA) is 29.3 Å². The van der Waals surface area contributed by atoms with Crippen molar-refractivity contribution in [2.45, 2.75) is 0 Å². The Morgan fingerprint density at radius 1 is 1.83 bits per heavy atom. The van der Waals surface area contributed by atoms with Gasteiger partial charge in [-0.05, 0) is 7.05 Å². The van der Waals surface area contributed by atoms with Crippen molar-refractivity contribution in [2.75, 3.05) is 20.1 Å². The molecule has 2 N–H and O–H groups in total. The van der Waals surface area contributed by atoms with Gasteiger partial charge in [-0.1, -0.05) is 0 Å². The highest BCUT2D eigenvalue weighted by Gasteiger charge is 1.79. The van der Waals surface area contributed by atoms with Crippen molar-refractivity contribution in [1.82, 2.24) is 4.90 Å². The first-order valence-electron chi connectivity index (χ1n) is 1.99. The second-order valence-corrected chi connectivity index (χ2v) is 1.37. The summed E-state index contributed by atoms with van der Waals surface area (Å²) in [5.74, 6) is 0. The van der Waals surface area contributed by atoms with Gasteiger partial charge in [0, 0.05) is 20.1 Å². The van der Waals surface area contributed by atoms with E-state index in [4.69, 9.17) is 5.73 Å². The quantitative estimate of drug-likeness (QED) is 0.499. The van der Waals surface area contributed by atoms with E-state index >= 15 is 0 Å². The third-order valence-corrected chi connectivity index (χ3v) is 0.511. The van der Waals surface area contributed by atoms with Gasteiger partial charge >= 0.3 is 0 Å². The highest BCUT2D eigenvalue weighted by Crippen LogP contribution is 1.67. The number of hydrogen-bond acceptors (Lipinski definition) is 2. The summed E-state index contributed by atoms with van der Waals surface area (Å²) in [5, 5.41) is 0. The van der Waals surface area contributed by atoms with Gasteiger partial charge in [0.2, 0.25) is 0 Å². The maximum absolute atomic E-state index is 5.15. The van der Waals surface area contributed by atoms with Crippen LogP contribution in [0.3, 0.4) is 0 Å². The zero-order valence-electron chi connectivity index (χ0n) is 4.15. The summed E-state index contributed by atoms with van der Waals surface area (Å²) >= 11 is 0. The number of hydrogen-bond donors (Lipinski definition) is 1. The molecule has 0 aromatic carbocycles. The smallest absolute Gasteiger partial charge is 0.0107 e. The second-order valence-electron chi connectivity index (χ2n) is 1.37. The van der Waals surface area contributed by atoms with Gasteiger partial charge in [0.15, 0.2) is 0 Å². The maximum Gasteiger partial charge on any atom is 0.0107 e. The normalized spacial score (nSPS) is 10.0. The van der Waals surface area contributed by atoms with Crippen LogP contribution in [0.4, 0.5) is 0 Å². The first-order chi connectivity index (χ1) is 2.77. The molecule has 0 atom stereocenters. The molecule has 0 aliphatic rings. The van der Waals surface area contributed by atoms with E-state index in [2.05, 4.69) is 7.05 Å². The Hall–Kier alpha value is -0.0800. The molecule has 2 nitrogen and oxygen atoms in total. The lowest BCUT2D eigenvalue weighted by molar-refractivity contribution is 0.462. The van der Waals surface area contributed by atoms with E-state index in [1.54, 1.807) is 4.90 Å². The molecule has 0 aliphatic carbocycles. The van der Waals surface area contributed by atoms with Crippen LogP contribution in [0.25, 0.3) is 0 Å². The van der Waals surface area contributed by atoms with Crippen molar-refractivity contribution in [3.63, 3.8) is 0 Å². The molecule has 0 heterocycles. The molecular formula is C4H11N2. The summed E-state index contributed by atoms with van der Waals surface area (Å²) in [7, 11) is 5.48. The van der Waals surface area contributed by atoms with E-state index in [0.717, 1.165) is 6.54 Å². The SMILES string of the molecule is [CH2]N(C)CCN. The summed E-state index contributed by atoms with van der Waals surface area (Å²) in [6.07, 6.45) is 0. The van der Waals surface area contributed by atoms with Crippen LogP contribution in [0.15, 0.2) is 0 Å². The van der Waals surface area contributed by atoms with E-state index < -0.39 is 0 Å². The Balaban J connectivity index is 2.63. The van der Waals surface area contributed by atoms with Gasteiger partial charge in [-0.3, -0.25) is 0 Å². The third kappa shape index (κ3) is 3.92. The number of rotatable bonds is 2. The Bertz CT molecular complexity index is 26.7. The fourth-order valence-corrected chi connectivity index (χ4v) is 0.220. The van der Waals surface area contributed by atoms with Gasteiger partial charge < -0.3 is 10.6 Å². The Kier molecular flexibility index (Phi) is 3.08. The van der Waals surface area contributed by atoms with Crippen LogP contribution in [0.1, 0.15) is 0 Å². The summed E-state index contributed by atoms with van der Waals surface area (Å²) in [6, 6.07) is 0. The van der Waals surface area contributed by atoms with Gasteiger partial charge in [-0.15, -0.1) is 0 Å². The summed E-state index contributed by atoms with van der Waals surface area (Å²) in [5.41, 5.74) is 5.15. The van der Waals surface area contributed by atoms with Crippen LogP contribution < -0.4 is 5.73 Å². The van der Waals surface area contributed by atoms with Crippen LogP contribution in [-0.4, -0.2) is 25.0 Å². The highest BCUT2D eigenvalue weighted by molar-refractivity contribution is 4.44. The molecule has 0 aliphatic heterocycles. The van der Waals surface area contributed by atoms with Gasteiger partial charge in [-0.2, -0.15) is 0 Å². The molecule has 0 rings (SSSR count). The summed E-state index contributed by atoms with van der Waals surface area (Å²) < 4.78 is 0. The van der Waals surface area contributed by atoms with Crippen molar-refractivity contribution in [3.8, 4) is 0 Å². The molecule has 37 valence electrons. The predicted molar refractivity (Wildman–Crippen MR) is 27.0 cm³/mol. The fraction of sp³-hybridized carbons (Fsp3) is 0.750. The van der Waals surface area contributed by atoms with Gasteiger partial charge in [0.25, 0.3) is 0 Å². The minimum absolute atomic E-state index is 0.694. The summed E-state index contributed by atoms with van der Waals surface area (Å²) in [4.78, 5) is 1.81. The van der Waals surface area contributed by atoms with E-state index in [9.17, 15) is 0 Å². The van der Waals surface area contributed by atoms with Crippen molar-refractivity contribution in [3.05, 3.63) is 7.05 Å². The van der Waals surface area contributed by atoms with Crippen molar-refractivity contribution in [1.29, 1.82) is 0 Å². The molecule has 2 heteroatoms. The van der Waals surface area contributed by atoms with Crippen molar-refractivity contribution in [2.24, 2.45) is 5.73 Å². The molecule has 0 spiro atoms. The molecule has 0 saturated carbocycles. The fourth-order valence-electron chi connectivity index (χ4n) is 0.220. The lowest BCUT2D eigenvalue weighted by Crippen LogP contribution is -2.18. The standard InChI is InChI=1S/C4H11N2/c1-6(2)4-3-5/h1,3-5H2,2H3. The van der Waals surface area contributed by atoms with Crippen LogP contribution >= 0.6 is 0 Å². The lowest BCUT2D eigenvalue weighted by atomic mass is 10.6. The molecule has 0 aromatic rings. The number of nitrogens with zero attached hydrogens (tertiary/aromatic N) is 1. The van der Waals surface area contributed by atoms with Crippen molar-refractivity contribution < 1.29 is 0 Å². The van der Waals surface area contributed by atoms with E-state index in [1.807, 2.05) is 7.05 Å². The average Bonchev–Trinajstić information content (AvgIpc) is 1.35. The maximum atomic E-state index is 5.15. The second kappa shape index (κ2) is 3.12. The molecule has 0 aromatic heterocycles. The highest BCUT2D eigenvalue weighted by atomic mass is 15.1. The first kappa shape index (κ1) is 5.92. The molecule has 0 unspecified atom stereocenters. The Morgan fingerprint density at radius 3 is 2.33 bits per heavy atom. The molecule has 0 saturated heterocycles. The van der Waals surface area contributed by atoms with Crippen LogP contribution in [0.2, 0.25) is 0 Å². The molecule has 1 radical (unpaired) electrons. The average molecular weight is 87.1 g/mol. The lowest BCUT2D eigenvalue weighted by Gasteiger charge is -2.03. The predicted octanol–water partition coefficient (Wildman–Crippen LogP) is -0.332. The van der Waals surface area contributed by atoms with Gasteiger partial charge in [0.05, 0.1) is 0 Å². The van der Waals surface area contributed by atoms with Crippen LogP contribution in [0, 0.1) is 7.05 Å². The van der Waals surface area contributed by atoms with Gasteiger partial charge in [0.1, 0.15) is 0 Å². The van der Waals surface area contributed by atoms with Crippen molar-refractivity contribution >= 4 is 0 Å². The molecule has 0 amide bonds. The largest absolute Gasteiger partial charge is 0.329 e. The Morgan fingerprint density at radius 2 is 2.33 bits per heavy atom. The molecule has 0 fully saturated rings. The third-order valence-electron chi connectivity index (χ3n) is 0.511. The minimum Gasteiger partial charge on any atom is -0.329 e. The van der Waals surface area contributed by atoms with E-state index in [1.165, 1.54) is 0 Å². The first-order valence-corrected chi connectivity index (χ1v) is 1.99. The van der Waals surface area contributed by atoms with Gasteiger partial charge in [-0.25, -0.2) is 0 Å². The zero-order valence-corrected chi connectivity index (χ0v) is 4.15.